The van der Waals surface area contributed by atoms with E-state index in [2.05, 4.69) is 5.32 Å². The van der Waals surface area contributed by atoms with Gasteiger partial charge in [-0.3, -0.25) is 4.79 Å². The van der Waals surface area contributed by atoms with Crippen molar-refractivity contribution in [3.8, 4) is 5.75 Å². The maximum absolute atomic E-state index is 12.2. The molecule has 1 atom stereocenters. The first kappa shape index (κ1) is 11.9. The van der Waals surface area contributed by atoms with Crippen molar-refractivity contribution in [1.82, 2.24) is 5.32 Å². The van der Waals surface area contributed by atoms with E-state index in [1.165, 1.54) is 0 Å². The molecular weight excluding hydrogens is 216 g/mol. The molecule has 2 rings (SSSR count). The number of phenolic OH excluding ortho intramolecular Hbond substituents is 1. The van der Waals surface area contributed by atoms with Crippen molar-refractivity contribution in [1.29, 1.82) is 0 Å². The second-order valence-electron chi connectivity index (χ2n) is 4.62. The molecule has 2 N–H and O–H groups in total. The van der Waals surface area contributed by atoms with Crippen molar-refractivity contribution in [3.63, 3.8) is 0 Å². The van der Waals surface area contributed by atoms with Crippen LogP contribution in [0.5, 0.6) is 5.75 Å². The summed E-state index contributed by atoms with van der Waals surface area (Å²) in [6, 6.07) is 6.68. The molecular formula is C13H18N2O2. The molecule has 0 aromatic heterocycles. The lowest BCUT2D eigenvalue weighted by molar-refractivity contribution is -0.123. The number of carbonyl (C=O) groups is 1. The third-order valence-electron chi connectivity index (χ3n) is 3.48. The van der Waals surface area contributed by atoms with Crippen molar-refractivity contribution in [2.24, 2.45) is 11.8 Å². The highest BCUT2D eigenvalue weighted by atomic mass is 16.3. The Labute approximate surface area is 101 Å². The van der Waals surface area contributed by atoms with Crippen molar-refractivity contribution < 1.29 is 9.90 Å². The normalized spacial score (nSPS) is 17.3. The molecule has 92 valence electrons. The molecule has 4 nitrogen and oxygen atoms in total. The summed E-state index contributed by atoms with van der Waals surface area (Å²) in [6.07, 6.45) is 0. The highest BCUT2D eigenvalue weighted by Gasteiger charge is 2.30. The molecule has 1 aliphatic rings. The summed E-state index contributed by atoms with van der Waals surface area (Å²) < 4.78 is 0. The molecule has 1 aromatic rings. The van der Waals surface area contributed by atoms with Crippen LogP contribution in [0.1, 0.15) is 6.92 Å². The molecule has 0 aliphatic carbocycles. The number of amides is 1. The molecule has 4 heteroatoms. The zero-order valence-corrected chi connectivity index (χ0v) is 10.2. The smallest absolute Gasteiger partial charge is 0.229 e. The summed E-state index contributed by atoms with van der Waals surface area (Å²) in [4.78, 5) is 13.9. The van der Waals surface area contributed by atoms with Crippen LogP contribution in [0.15, 0.2) is 24.3 Å². The molecule has 1 aromatic carbocycles. The fourth-order valence-electron chi connectivity index (χ4n) is 1.98. The van der Waals surface area contributed by atoms with Gasteiger partial charge in [0.1, 0.15) is 5.75 Å². The van der Waals surface area contributed by atoms with Crippen molar-refractivity contribution >= 4 is 11.6 Å². The van der Waals surface area contributed by atoms with Gasteiger partial charge in [-0.2, -0.15) is 0 Å². The number of hydrogen-bond acceptors (Lipinski definition) is 3. The Hall–Kier alpha value is -1.55. The van der Waals surface area contributed by atoms with E-state index in [0.29, 0.717) is 5.92 Å². The Balaban J connectivity index is 2.05. The van der Waals surface area contributed by atoms with Crippen molar-refractivity contribution in [2.45, 2.75) is 6.92 Å². The summed E-state index contributed by atoms with van der Waals surface area (Å²) in [7, 11) is 1.78. The number of nitrogens with zero attached hydrogens (tertiary/aromatic N) is 1. The van der Waals surface area contributed by atoms with Gasteiger partial charge in [0.05, 0.1) is 0 Å². The van der Waals surface area contributed by atoms with Gasteiger partial charge in [0, 0.05) is 18.7 Å². The molecule has 0 bridgehead atoms. The monoisotopic (exact) mass is 234 g/mol. The maximum atomic E-state index is 12.2. The molecule has 1 aliphatic heterocycles. The lowest BCUT2D eigenvalue weighted by Gasteiger charge is -2.33. The quantitative estimate of drug-likeness (QED) is 0.826. The van der Waals surface area contributed by atoms with Crippen LogP contribution in [-0.2, 0) is 4.79 Å². The number of hydrogen-bond donors (Lipinski definition) is 2. The number of nitrogens with one attached hydrogen (secondary N) is 1. The van der Waals surface area contributed by atoms with E-state index in [9.17, 15) is 9.90 Å². The standard InChI is InChI=1S/C13H18N2O2/c1-9(10-7-14-8-10)13(17)15(2)11-3-5-12(16)6-4-11/h3-6,9-10,14,16H,7-8H2,1-2H3. The Morgan fingerprint density at radius 2 is 2.00 bits per heavy atom. The molecule has 1 saturated heterocycles. The molecule has 1 heterocycles. The van der Waals surface area contributed by atoms with E-state index in [1.54, 1.807) is 36.2 Å². The van der Waals surface area contributed by atoms with Gasteiger partial charge in [-0.25, -0.2) is 0 Å². The minimum absolute atomic E-state index is 0.0371. The number of anilines is 1. The maximum Gasteiger partial charge on any atom is 0.229 e. The summed E-state index contributed by atoms with van der Waals surface area (Å²) >= 11 is 0. The van der Waals surface area contributed by atoms with E-state index in [-0.39, 0.29) is 17.6 Å². The summed E-state index contributed by atoms with van der Waals surface area (Å²) in [6.45, 7) is 3.83. The van der Waals surface area contributed by atoms with Crippen molar-refractivity contribution in [3.05, 3.63) is 24.3 Å². The van der Waals surface area contributed by atoms with E-state index < -0.39 is 0 Å². The predicted molar refractivity (Wildman–Crippen MR) is 67.0 cm³/mol. The van der Waals surface area contributed by atoms with E-state index in [0.717, 1.165) is 18.8 Å². The molecule has 0 radical (unpaired) electrons. The van der Waals surface area contributed by atoms with Crippen LogP contribution in [0.25, 0.3) is 0 Å². The topological polar surface area (TPSA) is 52.6 Å². The average molecular weight is 234 g/mol. The highest BCUT2D eigenvalue weighted by molar-refractivity contribution is 5.94. The first-order valence-corrected chi connectivity index (χ1v) is 5.87. The van der Waals surface area contributed by atoms with Gasteiger partial charge in [0.25, 0.3) is 0 Å². The van der Waals surface area contributed by atoms with Crippen LogP contribution >= 0.6 is 0 Å². The first-order valence-electron chi connectivity index (χ1n) is 5.87. The number of benzene rings is 1. The Morgan fingerprint density at radius 3 is 2.47 bits per heavy atom. The van der Waals surface area contributed by atoms with Crippen LogP contribution in [-0.4, -0.2) is 31.2 Å². The SMILES string of the molecule is CC(C(=O)N(C)c1ccc(O)cc1)C1CNC1. The van der Waals surface area contributed by atoms with Gasteiger partial charge in [-0.05, 0) is 43.3 Å². The zero-order chi connectivity index (χ0) is 12.4. The van der Waals surface area contributed by atoms with Gasteiger partial charge in [-0.15, -0.1) is 0 Å². The zero-order valence-electron chi connectivity index (χ0n) is 10.2. The summed E-state index contributed by atoms with van der Waals surface area (Å²) in [5.74, 6) is 0.824. The minimum Gasteiger partial charge on any atom is -0.508 e. The number of phenols is 1. The molecule has 17 heavy (non-hydrogen) atoms. The average Bonchev–Trinajstić information content (AvgIpc) is 2.25. The Morgan fingerprint density at radius 1 is 1.41 bits per heavy atom. The Kier molecular flexibility index (Phi) is 3.33. The van der Waals surface area contributed by atoms with Crippen LogP contribution in [0.3, 0.4) is 0 Å². The predicted octanol–water partition coefficient (Wildman–Crippen LogP) is 1.21. The van der Waals surface area contributed by atoms with Crippen LogP contribution in [0, 0.1) is 11.8 Å². The van der Waals surface area contributed by atoms with Crippen molar-refractivity contribution in [2.75, 3.05) is 25.0 Å². The lowest BCUT2D eigenvalue weighted by atomic mass is 9.88. The summed E-state index contributed by atoms with van der Waals surface area (Å²) in [5, 5.41) is 12.4. The molecule has 1 fully saturated rings. The van der Waals surface area contributed by atoms with E-state index >= 15 is 0 Å². The van der Waals surface area contributed by atoms with Gasteiger partial charge < -0.3 is 15.3 Å². The van der Waals surface area contributed by atoms with Crippen LogP contribution in [0.4, 0.5) is 5.69 Å². The van der Waals surface area contributed by atoms with Gasteiger partial charge in [0.15, 0.2) is 0 Å². The van der Waals surface area contributed by atoms with Crippen LogP contribution in [0.2, 0.25) is 0 Å². The second-order valence-corrected chi connectivity index (χ2v) is 4.62. The molecule has 1 amide bonds. The molecule has 1 unspecified atom stereocenters. The largest absolute Gasteiger partial charge is 0.508 e. The van der Waals surface area contributed by atoms with Gasteiger partial charge in [-0.1, -0.05) is 6.92 Å². The van der Waals surface area contributed by atoms with Gasteiger partial charge >= 0.3 is 0 Å². The highest BCUT2D eigenvalue weighted by Crippen LogP contribution is 2.23. The lowest BCUT2D eigenvalue weighted by Crippen LogP contribution is -2.50. The second kappa shape index (κ2) is 4.75. The number of aromatic hydroxyl groups is 1. The fraction of sp³-hybridized carbons (Fsp3) is 0.462. The van der Waals surface area contributed by atoms with Gasteiger partial charge in [0.2, 0.25) is 5.91 Å². The third kappa shape index (κ3) is 2.42. The number of rotatable bonds is 3. The van der Waals surface area contributed by atoms with Crippen LogP contribution < -0.4 is 10.2 Å². The molecule has 0 saturated carbocycles. The third-order valence-corrected chi connectivity index (χ3v) is 3.48. The fourth-order valence-corrected chi connectivity index (χ4v) is 1.98. The number of carbonyl (C=O) groups excluding carboxylic acids is 1. The van der Waals surface area contributed by atoms with E-state index in [1.807, 2.05) is 6.92 Å². The van der Waals surface area contributed by atoms with E-state index in [4.69, 9.17) is 0 Å². The molecule has 0 spiro atoms. The first-order chi connectivity index (χ1) is 8.09. The minimum atomic E-state index is 0.0371. The summed E-state index contributed by atoms with van der Waals surface area (Å²) in [5.41, 5.74) is 0.812. The Bertz CT molecular complexity index is 398.